The number of hydrogen-bond acceptors (Lipinski definition) is 6. The molecule has 67 heavy (non-hydrogen) atoms. The first-order chi connectivity index (χ1) is 33.2. The van der Waals surface area contributed by atoms with E-state index in [1.54, 1.807) is 0 Å². The smallest absolute Gasteiger partial charge is 0.247 e. The normalized spacial score (nSPS) is 12.6. The van der Waals surface area contributed by atoms with Crippen molar-refractivity contribution >= 4 is 125 Å². The minimum absolute atomic E-state index is 0.0588. The lowest BCUT2D eigenvalue weighted by Gasteiger charge is -2.35. The Hall–Kier alpha value is -7.84. The average Bonchev–Trinajstić information content (AvgIpc) is 3.95. The highest BCUT2D eigenvalue weighted by molar-refractivity contribution is 8.01. The maximum Gasteiger partial charge on any atom is 0.247 e. The molecule has 314 valence electrons. The lowest BCUT2D eigenvalue weighted by atomic mass is 9.36. The van der Waals surface area contributed by atoms with Crippen molar-refractivity contribution in [3.63, 3.8) is 0 Å². The van der Waals surface area contributed by atoms with Crippen LogP contribution in [0.25, 0.3) is 55.0 Å². The maximum atomic E-state index is 6.69. The van der Waals surface area contributed by atoms with Crippen molar-refractivity contribution in [1.82, 2.24) is 0 Å². The van der Waals surface area contributed by atoms with Gasteiger partial charge in [-0.2, -0.15) is 0 Å². The van der Waals surface area contributed by atoms with Crippen LogP contribution in [0.3, 0.4) is 0 Å². The molecule has 4 heterocycles. The Morgan fingerprint density at radius 3 is 1.27 bits per heavy atom. The Kier molecular flexibility index (Phi) is 8.82. The van der Waals surface area contributed by atoms with Crippen LogP contribution in [0.4, 0.5) is 34.1 Å². The van der Waals surface area contributed by atoms with Gasteiger partial charge in [0, 0.05) is 75.3 Å². The fourth-order valence-corrected chi connectivity index (χ4v) is 12.9. The lowest BCUT2D eigenvalue weighted by molar-refractivity contribution is 0.663. The maximum absolute atomic E-state index is 6.69. The van der Waals surface area contributed by atoms with Gasteiger partial charge < -0.3 is 18.6 Å². The Morgan fingerprint density at radius 1 is 0.313 bits per heavy atom. The first-order valence-corrected chi connectivity index (χ1v) is 24.2. The predicted octanol–water partition coefficient (Wildman–Crippen LogP) is 15.5. The highest BCUT2D eigenvalue weighted by atomic mass is 32.2. The largest absolute Gasteiger partial charge is 0.456 e. The Morgan fingerprint density at radius 2 is 0.761 bits per heavy atom. The predicted molar refractivity (Wildman–Crippen MR) is 282 cm³/mol. The molecular formula is C60H37BN2O2S2. The van der Waals surface area contributed by atoms with Gasteiger partial charge in [0.2, 0.25) is 6.71 Å². The van der Waals surface area contributed by atoms with Crippen molar-refractivity contribution in [2.45, 2.75) is 19.6 Å². The molecule has 0 saturated heterocycles. The van der Waals surface area contributed by atoms with Crippen LogP contribution in [0.15, 0.2) is 253 Å². The molecule has 0 amide bonds. The Balaban J connectivity index is 0.945. The van der Waals surface area contributed by atoms with Crippen LogP contribution in [-0.2, 0) is 0 Å². The second-order valence-electron chi connectivity index (χ2n) is 17.2. The first-order valence-electron chi connectivity index (χ1n) is 22.6. The average molecular weight is 893 g/mol. The van der Waals surface area contributed by atoms with Crippen molar-refractivity contribution in [2.24, 2.45) is 0 Å². The van der Waals surface area contributed by atoms with E-state index in [0.29, 0.717) is 0 Å². The molecular weight excluding hydrogens is 856 g/mol. The summed E-state index contributed by atoms with van der Waals surface area (Å²) in [6.45, 7) is 0.0588. The molecule has 0 fully saturated rings. The van der Waals surface area contributed by atoms with E-state index in [9.17, 15) is 0 Å². The van der Waals surface area contributed by atoms with Crippen molar-refractivity contribution < 1.29 is 8.83 Å². The summed E-state index contributed by atoms with van der Waals surface area (Å²) < 4.78 is 13.0. The van der Waals surface area contributed by atoms with Gasteiger partial charge in [0.1, 0.15) is 22.3 Å². The summed E-state index contributed by atoms with van der Waals surface area (Å²) >= 11 is 3.77. The van der Waals surface area contributed by atoms with Crippen LogP contribution >= 0.6 is 23.5 Å². The summed E-state index contributed by atoms with van der Waals surface area (Å²) in [4.78, 5) is 9.80. The van der Waals surface area contributed by atoms with Gasteiger partial charge in [-0.25, -0.2) is 0 Å². The minimum atomic E-state index is 0.0588. The van der Waals surface area contributed by atoms with Gasteiger partial charge in [-0.1, -0.05) is 144 Å². The van der Waals surface area contributed by atoms with Crippen LogP contribution in [0, 0.1) is 0 Å². The Bertz CT molecular complexity index is 3660. The standard InChI is InChI=1S/C60H37BN2O2S2/c1-5-15-40(16-6-1)62(41-17-7-2-8-18-41)44-26-29-48-54(36-44)66-56-34-39(38-25-28-47-53(33-38)65-52-32-31-51-58(59(47)52)46-23-13-14-24-50(46)64-51)35-57-60(56)61(48)49-30-27-45(37-55(49)67-57)63(42-19-9-3-10-20-42)43-21-11-4-12-22-43/h1-37H. The first kappa shape index (κ1) is 38.4. The molecule has 2 aromatic heterocycles. The van der Waals surface area contributed by atoms with E-state index in [2.05, 4.69) is 210 Å². The SMILES string of the molecule is c1ccc(N(c2ccccc2)c2ccc3c(c2)Sc2cc(-c4ccc5c(c4)oc4ccc6oc7ccccc7c6c45)cc4c2B3c2ccc(N(c3ccccc3)c3ccccc3)cc2S4)cc1. The fourth-order valence-electron chi connectivity index (χ4n) is 10.4. The third-order valence-corrected chi connectivity index (χ3v) is 15.6. The summed E-state index contributed by atoms with van der Waals surface area (Å²) in [6, 6.07) is 80.8. The summed E-state index contributed by atoms with van der Waals surface area (Å²) in [5, 5.41) is 4.39. The molecule has 14 rings (SSSR count). The molecule has 0 bridgehead atoms. The Labute approximate surface area is 396 Å². The van der Waals surface area contributed by atoms with E-state index in [1.807, 2.05) is 47.8 Å². The van der Waals surface area contributed by atoms with Gasteiger partial charge in [-0.3, -0.25) is 0 Å². The zero-order valence-electron chi connectivity index (χ0n) is 36.0. The molecule has 0 radical (unpaired) electrons. The van der Waals surface area contributed by atoms with Crippen LogP contribution < -0.4 is 26.2 Å². The van der Waals surface area contributed by atoms with Gasteiger partial charge in [0.25, 0.3) is 0 Å². The molecule has 2 aliphatic rings. The summed E-state index contributed by atoms with van der Waals surface area (Å²) in [7, 11) is 0. The number of nitrogens with zero attached hydrogens (tertiary/aromatic N) is 2. The third kappa shape index (κ3) is 6.26. The molecule has 2 aliphatic heterocycles. The van der Waals surface area contributed by atoms with Crippen molar-refractivity contribution in [1.29, 1.82) is 0 Å². The van der Waals surface area contributed by atoms with E-state index < -0.39 is 0 Å². The lowest BCUT2D eigenvalue weighted by Crippen LogP contribution is -2.58. The molecule has 0 saturated carbocycles. The van der Waals surface area contributed by atoms with Crippen molar-refractivity contribution in [3.8, 4) is 11.1 Å². The highest BCUT2D eigenvalue weighted by Crippen LogP contribution is 2.46. The third-order valence-electron chi connectivity index (χ3n) is 13.3. The number of furan rings is 2. The highest BCUT2D eigenvalue weighted by Gasteiger charge is 2.39. The summed E-state index contributed by atoms with van der Waals surface area (Å²) in [5.74, 6) is 0. The van der Waals surface area contributed by atoms with Crippen LogP contribution in [-0.4, -0.2) is 6.71 Å². The molecule has 10 aromatic carbocycles. The van der Waals surface area contributed by atoms with E-state index in [-0.39, 0.29) is 6.71 Å². The van der Waals surface area contributed by atoms with Gasteiger partial charge >= 0.3 is 0 Å². The summed E-state index contributed by atoms with van der Waals surface area (Å²) in [6.07, 6.45) is 0. The van der Waals surface area contributed by atoms with Crippen molar-refractivity contribution in [3.05, 3.63) is 224 Å². The zero-order chi connectivity index (χ0) is 44.0. The second-order valence-corrected chi connectivity index (χ2v) is 19.4. The number of anilines is 6. The second kappa shape index (κ2) is 15.4. The number of para-hydroxylation sites is 5. The number of fused-ring (bicyclic) bond motifs is 11. The molecule has 0 atom stereocenters. The van der Waals surface area contributed by atoms with E-state index in [0.717, 1.165) is 83.6 Å². The fraction of sp³-hybridized carbons (Fsp3) is 0. The molecule has 0 spiro atoms. The van der Waals surface area contributed by atoms with Gasteiger partial charge in [-0.15, -0.1) is 0 Å². The molecule has 0 N–H and O–H groups in total. The topological polar surface area (TPSA) is 32.8 Å². The number of benzene rings is 10. The van der Waals surface area contributed by atoms with Crippen LogP contribution in [0.2, 0.25) is 0 Å². The van der Waals surface area contributed by atoms with E-state index in [1.165, 1.54) is 41.5 Å². The van der Waals surface area contributed by atoms with Crippen LogP contribution in [0.1, 0.15) is 0 Å². The van der Waals surface area contributed by atoms with Crippen molar-refractivity contribution in [2.75, 3.05) is 9.80 Å². The molecule has 7 heteroatoms. The minimum Gasteiger partial charge on any atom is -0.456 e. The van der Waals surface area contributed by atoms with Gasteiger partial charge in [0.15, 0.2) is 0 Å². The molecule has 12 aromatic rings. The van der Waals surface area contributed by atoms with Gasteiger partial charge in [-0.05, 0) is 132 Å². The number of rotatable bonds is 7. The quantitative estimate of drug-likeness (QED) is 0.148. The molecule has 4 nitrogen and oxygen atoms in total. The van der Waals surface area contributed by atoms with Gasteiger partial charge in [0.05, 0.1) is 0 Å². The molecule has 0 aliphatic carbocycles. The zero-order valence-corrected chi connectivity index (χ0v) is 37.6. The monoisotopic (exact) mass is 892 g/mol. The van der Waals surface area contributed by atoms with Crippen LogP contribution in [0.5, 0.6) is 0 Å². The van der Waals surface area contributed by atoms with E-state index in [4.69, 9.17) is 8.83 Å². The summed E-state index contributed by atoms with van der Waals surface area (Å²) in [5.41, 5.74) is 16.5. The van der Waals surface area contributed by atoms with E-state index >= 15 is 0 Å². The molecule has 0 unspecified atom stereocenters. The number of hydrogen-bond donors (Lipinski definition) is 0.